The minimum atomic E-state index is -1.28. The lowest BCUT2D eigenvalue weighted by Crippen LogP contribution is -2.53. The normalized spacial score (nSPS) is 26.4. The van der Waals surface area contributed by atoms with E-state index in [-0.39, 0.29) is 6.04 Å². The highest BCUT2D eigenvalue weighted by atomic mass is 32.2. The van der Waals surface area contributed by atoms with Gasteiger partial charge in [-0.25, -0.2) is 9.59 Å². The molecule has 4 atom stereocenters. The SMILES string of the molecule is CSC1CCCC1NC(=O)NC(C(=O)O)C(C)O. The summed E-state index contributed by atoms with van der Waals surface area (Å²) in [5, 5.41) is 23.5. The standard InChI is InChI=1S/C11H20N2O4S/c1-6(14)9(10(15)16)13-11(17)12-7-4-3-5-8(7)18-2/h6-9,14H,3-5H2,1-2H3,(H,15,16)(H2,12,13,17). The summed E-state index contributed by atoms with van der Waals surface area (Å²) in [5.74, 6) is -1.24. The van der Waals surface area contributed by atoms with Gasteiger partial charge in [-0.05, 0) is 26.0 Å². The summed E-state index contributed by atoms with van der Waals surface area (Å²) in [6.07, 6.45) is 3.90. The van der Waals surface area contributed by atoms with Crippen LogP contribution in [-0.2, 0) is 4.79 Å². The molecule has 104 valence electrons. The van der Waals surface area contributed by atoms with Gasteiger partial charge in [0.25, 0.3) is 0 Å². The third-order valence-electron chi connectivity index (χ3n) is 3.11. The van der Waals surface area contributed by atoms with Crippen molar-refractivity contribution >= 4 is 23.8 Å². The quantitative estimate of drug-likeness (QED) is 0.583. The Morgan fingerprint density at radius 2 is 2.06 bits per heavy atom. The molecule has 2 amide bonds. The van der Waals surface area contributed by atoms with E-state index in [1.165, 1.54) is 6.92 Å². The Morgan fingerprint density at radius 1 is 1.39 bits per heavy atom. The fourth-order valence-corrected chi connectivity index (χ4v) is 3.05. The van der Waals surface area contributed by atoms with E-state index in [4.69, 9.17) is 5.11 Å². The molecule has 0 aliphatic heterocycles. The van der Waals surface area contributed by atoms with Gasteiger partial charge in [0.15, 0.2) is 6.04 Å². The van der Waals surface area contributed by atoms with Crippen molar-refractivity contribution in [3.63, 3.8) is 0 Å². The van der Waals surface area contributed by atoms with E-state index in [9.17, 15) is 14.7 Å². The first-order valence-electron chi connectivity index (χ1n) is 5.96. The first-order chi connectivity index (χ1) is 8.45. The number of thioether (sulfide) groups is 1. The zero-order chi connectivity index (χ0) is 13.7. The second-order valence-electron chi connectivity index (χ2n) is 4.49. The van der Waals surface area contributed by atoms with Crippen LogP contribution < -0.4 is 10.6 Å². The van der Waals surface area contributed by atoms with Crippen molar-refractivity contribution < 1.29 is 19.8 Å². The van der Waals surface area contributed by atoms with Gasteiger partial charge in [-0.15, -0.1) is 0 Å². The van der Waals surface area contributed by atoms with Gasteiger partial charge in [0.1, 0.15) is 0 Å². The van der Waals surface area contributed by atoms with E-state index in [1.807, 2.05) is 6.26 Å². The predicted octanol–water partition coefficient (Wildman–Crippen LogP) is 0.404. The van der Waals surface area contributed by atoms with Crippen molar-refractivity contribution in [2.45, 2.75) is 49.6 Å². The van der Waals surface area contributed by atoms with Crippen LogP contribution in [0.1, 0.15) is 26.2 Å². The van der Waals surface area contributed by atoms with Gasteiger partial charge in [-0.2, -0.15) is 11.8 Å². The fraction of sp³-hybridized carbons (Fsp3) is 0.818. The van der Waals surface area contributed by atoms with Gasteiger partial charge in [0.2, 0.25) is 0 Å². The molecule has 0 heterocycles. The maximum absolute atomic E-state index is 11.7. The second-order valence-corrected chi connectivity index (χ2v) is 5.56. The molecular formula is C11H20N2O4S. The number of amides is 2. The summed E-state index contributed by atoms with van der Waals surface area (Å²) < 4.78 is 0. The van der Waals surface area contributed by atoms with Gasteiger partial charge in [-0.1, -0.05) is 6.42 Å². The number of carbonyl (C=O) groups excluding carboxylic acids is 1. The minimum absolute atomic E-state index is 0.0726. The number of rotatable bonds is 5. The van der Waals surface area contributed by atoms with Crippen LogP contribution in [0.4, 0.5) is 4.79 Å². The van der Waals surface area contributed by atoms with Crippen LogP contribution in [0.5, 0.6) is 0 Å². The van der Waals surface area contributed by atoms with E-state index in [2.05, 4.69) is 10.6 Å². The molecule has 0 aromatic carbocycles. The monoisotopic (exact) mass is 276 g/mol. The molecule has 4 unspecified atom stereocenters. The zero-order valence-electron chi connectivity index (χ0n) is 10.5. The van der Waals surface area contributed by atoms with Gasteiger partial charge >= 0.3 is 12.0 Å². The number of aliphatic carboxylic acids is 1. The highest BCUT2D eigenvalue weighted by molar-refractivity contribution is 7.99. The van der Waals surface area contributed by atoms with E-state index >= 15 is 0 Å². The Balaban J connectivity index is 2.47. The number of carboxylic acid groups (broad SMARTS) is 1. The minimum Gasteiger partial charge on any atom is -0.480 e. The Labute approximate surface area is 111 Å². The molecule has 6 nitrogen and oxygen atoms in total. The van der Waals surface area contributed by atoms with E-state index in [1.54, 1.807) is 11.8 Å². The number of carbonyl (C=O) groups is 2. The predicted molar refractivity (Wildman–Crippen MR) is 69.7 cm³/mol. The molecule has 1 aliphatic rings. The number of nitrogens with one attached hydrogen (secondary N) is 2. The van der Waals surface area contributed by atoms with Crippen molar-refractivity contribution in [1.82, 2.24) is 10.6 Å². The molecule has 1 saturated carbocycles. The van der Waals surface area contributed by atoms with Gasteiger partial charge in [0, 0.05) is 11.3 Å². The maximum Gasteiger partial charge on any atom is 0.328 e. The Morgan fingerprint density at radius 3 is 2.56 bits per heavy atom. The van der Waals surface area contributed by atoms with Crippen molar-refractivity contribution in [2.24, 2.45) is 0 Å². The van der Waals surface area contributed by atoms with Crippen LogP contribution in [0.3, 0.4) is 0 Å². The summed E-state index contributed by atoms with van der Waals surface area (Å²) in [7, 11) is 0. The van der Waals surface area contributed by atoms with Gasteiger partial charge < -0.3 is 20.8 Å². The molecule has 4 N–H and O–H groups in total. The van der Waals surface area contributed by atoms with Crippen LogP contribution in [0, 0.1) is 0 Å². The Bertz CT molecular complexity index is 311. The molecular weight excluding hydrogens is 256 g/mol. The van der Waals surface area contributed by atoms with E-state index in [0.29, 0.717) is 5.25 Å². The first-order valence-corrected chi connectivity index (χ1v) is 7.25. The van der Waals surface area contributed by atoms with E-state index < -0.39 is 24.1 Å². The molecule has 18 heavy (non-hydrogen) atoms. The largest absolute Gasteiger partial charge is 0.480 e. The maximum atomic E-state index is 11.7. The molecule has 1 rings (SSSR count). The van der Waals surface area contributed by atoms with Gasteiger partial charge in [-0.3, -0.25) is 0 Å². The highest BCUT2D eigenvalue weighted by Crippen LogP contribution is 2.28. The molecule has 7 heteroatoms. The molecule has 1 fully saturated rings. The van der Waals surface area contributed by atoms with Crippen LogP contribution in [-0.4, -0.2) is 51.9 Å². The first kappa shape index (κ1) is 15.1. The third-order valence-corrected chi connectivity index (χ3v) is 4.28. The molecule has 0 spiro atoms. The topological polar surface area (TPSA) is 98.7 Å². The number of carboxylic acids is 1. The average molecular weight is 276 g/mol. The molecule has 0 bridgehead atoms. The Hall–Kier alpha value is -0.950. The van der Waals surface area contributed by atoms with Crippen molar-refractivity contribution in [1.29, 1.82) is 0 Å². The van der Waals surface area contributed by atoms with Crippen molar-refractivity contribution in [2.75, 3.05) is 6.26 Å². The van der Waals surface area contributed by atoms with Gasteiger partial charge in [0.05, 0.1) is 6.10 Å². The van der Waals surface area contributed by atoms with Crippen LogP contribution in [0.15, 0.2) is 0 Å². The van der Waals surface area contributed by atoms with Crippen LogP contribution >= 0.6 is 11.8 Å². The summed E-state index contributed by atoms with van der Waals surface area (Å²) in [4.78, 5) is 22.5. The molecule has 0 radical (unpaired) electrons. The summed E-state index contributed by atoms with van der Waals surface area (Å²) in [6, 6.07) is -1.74. The van der Waals surface area contributed by atoms with Crippen LogP contribution in [0.25, 0.3) is 0 Å². The number of aliphatic hydroxyl groups excluding tert-OH is 1. The lowest BCUT2D eigenvalue weighted by molar-refractivity contribution is -0.141. The zero-order valence-corrected chi connectivity index (χ0v) is 11.4. The fourth-order valence-electron chi connectivity index (χ4n) is 2.11. The molecule has 0 aromatic rings. The number of hydrogen-bond acceptors (Lipinski definition) is 4. The lowest BCUT2D eigenvalue weighted by atomic mass is 10.2. The van der Waals surface area contributed by atoms with Crippen molar-refractivity contribution in [3.05, 3.63) is 0 Å². The van der Waals surface area contributed by atoms with Crippen LogP contribution in [0.2, 0.25) is 0 Å². The summed E-state index contributed by atoms with van der Waals surface area (Å²) in [6.45, 7) is 1.33. The highest BCUT2D eigenvalue weighted by Gasteiger charge is 2.30. The molecule has 1 aliphatic carbocycles. The number of urea groups is 1. The molecule has 0 saturated heterocycles. The lowest BCUT2D eigenvalue weighted by Gasteiger charge is -2.22. The summed E-state index contributed by atoms with van der Waals surface area (Å²) in [5.41, 5.74) is 0. The number of hydrogen-bond donors (Lipinski definition) is 4. The summed E-state index contributed by atoms with van der Waals surface area (Å²) >= 11 is 1.71. The second kappa shape index (κ2) is 6.84. The Kier molecular flexibility index (Phi) is 5.74. The third kappa shape index (κ3) is 4.06. The van der Waals surface area contributed by atoms with Crippen molar-refractivity contribution in [3.8, 4) is 0 Å². The van der Waals surface area contributed by atoms with E-state index in [0.717, 1.165) is 19.3 Å². The smallest absolute Gasteiger partial charge is 0.328 e. The molecule has 0 aromatic heterocycles. The average Bonchev–Trinajstić information content (AvgIpc) is 2.72. The number of aliphatic hydroxyl groups is 1.